The van der Waals surface area contributed by atoms with Gasteiger partial charge in [-0.2, -0.15) is 0 Å². The Labute approximate surface area is 126 Å². The lowest BCUT2D eigenvalue weighted by Crippen LogP contribution is -2.51. The molecular formula is C17H25NO3. The first-order valence-electron chi connectivity index (χ1n) is 7.66. The topological polar surface area (TPSA) is 47.6 Å². The largest absolute Gasteiger partial charge is 0.490 e. The molecule has 116 valence electrons. The van der Waals surface area contributed by atoms with Crippen molar-refractivity contribution in [1.29, 1.82) is 0 Å². The predicted octanol–water partition coefficient (Wildman–Crippen LogP) is 2.84. The zero-order chi connectivity index (χ0) is 15.3. The van der Waals surface area contributed by atoms with Gasteiger partial charge >= 0.3 is 5.97 Å². The highest BCUT2D eigenvalue weighted by molar-refractivity contribution is 5.81. The maximum Gasteiger partial charge on any atom is 0.326 e. The van der Waals surface area contributed by atoms with E-state index in [4.69, 9.17) is 9.47 Å². The fourth-order valence-corrected chi connectivity index (χ4v) is 2.89. The highest BCUT2D eigenvalue weighted by atomic mass is 16.5. The molecule has 1 aromatic rings. The van der Waals surface area contributed by atoms with Crippen molar-refractivity contribution >= 4 is 5.97 Å². The number of carbonyl (C=O) groups excluding carboxylic acids is 1. The first-order chi connectivity index (χ1) is 10.1. The summed E-state index contributed by atoms with van der Waals surface area (Å²) in [5.74, 6) is 0.688. The highest BCUT2D eigenvalue weighted by Crippen LogP contribution is 2.34. The van der Waals surface area contributed by atoms with Gasteiger partial charge in [0.1, 0.15) is 17.4 Å². The minimum absolute atomic E-state index is 0.0520. The average molecular weight is 291 g/mol. The molecule has 2 unspecified atom stereocenters. The van der Waals surface area contributed by atoms with Gasteiger partial charge < -0.3 is 14.8 Å². The van der Waals surface area contributed by atoms with Gasteiger partial charge in [0, 0.05) is 6.42 Å². The average Bonchev–Trinajstić information content (AvgIpc) is 2.91. The molecule has 0 saturated heterocycles. The second-order valence-corrected chi connectivity index (χ2v) is 5.80. The summed E-state index contributed by atoms with van der Waals surface area (Å²) in [6.07, 6.45) is 3.32. The molecule has 0 heterocycles. The van der Waals surface area contributed by atoms with Gasteiger partial charge in [0.05, 0.1) is 7.11 Å². The third kappa shape index (κ3) is 3.76. The van der Waals surface area contributed by atoms with Crippen molar-refractivity contribution in [1.82, 2.24) is 5.32 Å². The summed E-state index contributed by atoms with van der Waals surface area (Å²) in [6.45, 7) is 4.95. The van der Waals surface area contributed by atoms with Crippen LogP contribution in [0.4, 0.5) is 0 Å². The van der Waals surface area contributed by atoms with Crippen LogP contribution in [0.5, 0.6) is 5.75 Å². The number of carbonyl (C=O) groups is 1. The Hall–Kier alpha value is -1.55. The Balaban J connectivity index is 2.01. The zero-order valence-electron chi connectivity index (χ0n) is 13.1. The fraction of sp³-hybridized carbons (Fsp3) is 0.588. The van der Waals surface area contributed by atoms with Gasteiger partial charge in [-0.25, -0.2) is 0 Å². The molecule has 0 radical (unpaired) electrons. The van der Waals surface area contributed by atoms with Crippen LogP contribution in [0.3, 0.4) is 0 Å². The number of benzene rings is 1. The normalized spacial score (nSPS) is 24.8. The molecule has 0 amide bonds. The number of esters is 1. The summed E-state index contributed by atoms with van der Waals surface area (Å²) in [5, 5.41) is 3.37. The van der Waals surface area contributed by atoms with E-state index in [0.29, 0.717) is 6.42 Å². The van der Waals surface area contributed by atoms with E-state index in [1.807, 2.05) is 24.3 Å². The monoisotopic (exact) mass is 291 g/mol. The van der Waals surface area contributed by atoms with Crippen molar-refractivity contribution in [2.45, 2.75) is 51.2 Å². The highest BCUT2D eigenvalue weighted by Gasteiger charge is 2.46. The van der Waals surface area contributed by atoms with E-state index in [1.54, 1.807) is 0 Å². The maximum atomic E-state index is 12.1. The number of methoxy groups -OCH3 is 1. The van der Waals surface area contributed by atoms with Gasteiger partial charge in [0.15, 0.2) is 0 Å². The molecule has 1 fully saturated rings. The molecule has 2 rings (SSSR count). The second-order valence-electron chi connectivity index (χ2n) is 5.80. The molecule has 1 aliphatic carbocycles. The molecule has 1 aliphatic rings. The van der Waals surface area contributed by atoms with Gasteiger partial charge in [0.25, 0.3) is 0 Å². The second kappa shape index (κ2) is 6.94. The molecule has 1 aromatic carbocycles. The molecule has 21 heavy (non-hydrogen) atoms. The van der Waals surface area contributed by atoms with Gasteiger partial charge in [-0.05, 0) is 44.9 Å². The van der Waals surface area contributed by atoms with E-state index in [-0.39, 0.29) is 12.1 Å². The molecule has 0 aliphatic heterocycles. The standard InChI is InChI=1S/C17H25NO3/c1-4-11-18-17(16(19)20-3)10-9-15(12-17)21-14-7-5-13(2)6-8-14/h5-8,15,18H,4,9-12H2,1-3H3. The Bertz CT molecular complexity index is 471. The van der Waals surface area contributed by atoms with Gasteiger partial charge in [-0.3, -0.25) is 4.79 Å². The van der Waals surface area contributed by atoms with E-state index in [1.165, 1.54) is 12.7 Å². The number of hydrogen-bond donors (Lipinski definition) is 1. The minimum atomic E-state index is -0.583. The lowest BCUT2D eigenvalue weighted by molar-refractivity contribution is -0.148. The summed E-state index contributed by atoms with van der Waals surface area (Å²) in [4.78, 5) is 12.1. The first kappa shape index (κ1) is 15.8. The third-order valence-corrected chi connectivity index (χ3v) is 4.08. The minimum Gasteiger partial charge on any atom is -0.490 e. The lowest BCUT2D eigenvalue weighted by Gasteiger charge is -2.27. The smallest absolute Gasteiger partial charge is 0.326 e. The number of rotatable bonds is 6. The summed E-state index contributed by atoms with van der Waals surface area (Å²) in [6, 6.07) is 8.03. The van der Waals surface area contributed by atoms with Gasteiger partial charge in [-0.1, -0.05) is 24.6 Å². The molecule has 4 nitrogen and oxygen atoms in total. The summed E-state index contributed by atoms with van der Waals surface area (Å²) >= 11 is 0. The molecule has 1 N–H and O–H groups in total. The van der Waals surface area contributed by atoms with E-state index in [2.05, 4.69) is 19.2 Å². The zero-order valence-corrected chi connectivity index (χ0v) is 13.1. The number of aryl methyl sites for hydroxylation is 1. The molecule has 0 bridgehead atoms. The summed E-state index contributed by atoms with van der Waals surface area (Å²) in [5.41, 5.74) is 0.627. The molecule has 0 spiro atoms. The molecular weight excluding hydrogens is 266 g/mol. The van der Waals surface area contributed by atoms with Crippen LogP contribution in [0, 0.1) is 6.92 Å². The van der Waals surface area contributed by atoms with Gasteiger partial charge in [0.2, 0.25) is 0 Å². The number of nitrogens with one attached hydrogen (secondary N) is 1. The van der Waals surface area contributed by atoms with Crippen LogP contribution >= 0.6 is 0 Å². The predicted molar refractivity (Wildman–Crippen MR) is 82.5 cm³/mol. The van der Waals surface area contributed by atoms with E-state index >= 15 is 0 Å². The van der Waals surface area contributed by atoms with Crippen LogP contribution in [0.15, 0.2) is 24.3 Å². The van der Waals surface area contributed by atoms with Crippen molar-refractivity contribution in [3.8, 4) is 5.75 Å². The third-order valence-electron chi connectivity index (χ3n) is 4.08. The van der Waals surface area contributed by atoms with E-state index in [9.17, 15) is 4.79 Å². The quantitative estimate of drug-likeness (QED) is 0.819. The molecule has 2 atom stereocenters. The number of hydrogen-bond acceptors (Lipinski definition) is 4. The van der Waals surface area contributed by atoms with Crippen molar-refractivity contribution in [3.05, 3.63) is 29.8 Å². The Morgan fingerprint density at radius 2 is 2.10 bits per heavy atom. The Kier molecular flexibility index (Phi) is 5.23. The van der Waals surface area contributed by atoms with Crippen LogP contribution in [0.1, 0.15) is 38.2 Å². The maximum absolute atomic E-state index is 12.1. The Morgan fingerprint density at radius 3 is 2.71 bits per heavy atom. The van der Waals surface area contributed by atoms with Gasteiger partial charge in [-0.15, -0.1) is 0 Å². The van der Waals surface area contributed by atoms with Crippen LogP contribution < -0.4 is 10.1 Å². The van der Waals surface area contributed by atoms with Crippen LogP contribution in [-0.2, 0) is 9.53 Å². The van der Waals surface area contributed by atoms with Crippen LogP contribution in [-0.4, -0.2) is 31.3 Å². The molecule has 1 saturated carbocycles. The van der Waals surface area contributed by atoms with Crippen LogP contribution in [0.2, 0.25) is 0 Å². The van der Waals surface area contributed by atoms with Crippen molar-refractivity contribution in [2.24, 2.45) is 0 Å². The van der Waals surface area contributed by atoms with E-state index < -0.39 is 5.54 Å². The summed E-state index contributed by atoms with van der Waals surface area (Å²) in [7, 11) is 1.45. The molecule has 0 aromatic heterocycles. The van der Waals surface area contributed by atoms with Crippen molar-refractivity contribution in [3.63, 3.8) is 0 Å². The fourth-order valence-electron chi connectivity index (χ4n) is 2.89. The Morgan fingerprint density at radius 1 is 1.38 bits per heavy atom. The lowest BCUT2D eigenvalue weighted by atomic mass is 9.97. The first-order valence-corrected chi connectivity index (χ1v) is 7.66. The van der Waals surface area contributed by atoms with E-state index in [0.717, 1.165) is 31.6 Å². The summed E-state index contributed by atoms with van der Waals surface area (Å²) < 4.78 is 11.0. The number of ether oxygens (including phenoxy) is 2. The van der Waals surface area contributed by atoms with Crippen molar-refractivity contribution in [2.75, 3.05) is 13.7 Å². The van der Waals surface area contributed by atoms with Crippen molar-refractivity contribution < 1.29 is 14.3 Å². The van der Waals surface area contributed by atoms with Crippen LogP contribution in [0.25, 0.3) is 0 Å². The SMILES string of the molecule is CCCNC1(C(=O)OC)CCC(Oc2ccc(C)cc2)C1. The molecule has 4 heteroatoms.